The highest BCUT2D eigenvalue weighted by molar-refractivity contribution is 7.16. The topological polar surface area (TPSA) is 42.4 Å². The second kappa shape index (κ2) is 6.37. The summed E-state index contributed by atoms with van der Waals surface area (Å²) in [4.78, 5) is 19.5. The number of ether oxygens (including phenoxy) is 1. The Kier molecular flexibility index (Phi) is 4.31. The maximum atomic E-state index is 12.5. The van der Waals surface area contributed by atoms with Gasteiger partial charge in [0, 0.05) is 18.7 Å². The van der Waals surface area contributed by atoms with Crippen molar-refractivity contribution in [1.82, 2.24) is 9.88 Å². The van der Waals surface area contributed by atoms with Crippen LogP contribution in [0.1, 0.15) is 23.0 Å². The van der Waals surface area contributed by atoms with Crippen molar-refractivity contribution >= 4 is 17.2 Å². The average Bonchev–Trinajstić information content (AvgIpc) is 3.05. The van der Waals surface area contributed by atoms with Crippen LogP contribution in [0.5, 0.6) is 0 Å². The van der Waals surface area contributed by atoms with Gasteiger partial charge in [0.2, 0.25) is 0 Å². The van der Waals surface area contributed by atoms with E-state index >= 15 is 0 Å². The summed E-state index contributed by atoms with van der Waals surface area (Å²) in [5, 5.41) is 0.888. The molecule has 1 fully saturated rings. The van der Waals surface area contributed by atoms with Gasteiger partial charge < -0.3 is 9.64 Å². The van der Waals surface area contributed by atoms with Crippen LogP contribution in [0.15, 0.2) is 36.5 Å². The summed E-state index contributed by atoms with van der Waals surface area (Å²) in [6, 6.07) is 9.95. The van der Waals surface area contributed by atoms with Crippen LogP contribution in [0.4, 0.5) is 0 Å². The maximum absolute atomic E-state index is 12.5. The smallest absolute Gasteiger partial charge is 0.265 e. The van der Waals surface area contributed by atoms with Crippen molar-refractivity contribution in [2.45, 2.75) is 19.4 Å². The molecule has 0 saturated carbocycles. The molecule has 1 amide bonds. The van der Waals surface area contributed by atoms with Gasteiger partial charge in [-0.3, -0.25) is 4.79 Å². The minimum Gasteiger partial charge on any atom is -0.375 e. The lowest BCUT2D eigenvalue weighted by Gasteiger charge is -2.32. The molecule has 0 N–H and O–H groups in total. The monoisotopic (exact) mass is 302 g/mol. The number of benzene rings is 1. The van der Waals surface area contributed by atoms with Crippen molar-refractivity contribution in [3.63, 3.8) is 0 Å². The molecule has 1 aliphatic heterocycles. The second-order valence-electron chi connectivity index (χ2n) is 5.05. The average molecular weight is 302 g/mol. The van der Waals surface area contributed by atoms with Gasteiger partial charge in [-0.15, -0.1) is 11.3 Å². The van der Waals surface area contributed by atoms with E-state index in [0.29, 0.717) is 24.6 Å². The molecule has 110 valence electrons. The first-order valence-corrected chi connectivity index (χ1v) is 8.01. The predicted molar refractivity (Wildman–Crippen MR) is 83.5 cm³/mol. The van der Waals surface area contributed by atoms with Gasteiger partial charge >= 0.3 is 0 Å². The summed E-state index contributed by atoms with van der Waals surface area (Å²) in [6.07, 6.45) is 2.78. The number of hydrogen-bond acceptors (Lipinski definition) is 4. The number of amides is 1. The largest absolute Gasteiger partial charge is 0.375 e. The van der Waals surface area contributed by atoms with Gasteiger partial charge in [-0.25, -0.2) is 4.98 Å². The van der Waals surface area contributed by atoms with Gasteiger partial charge in [0.05, 0.1) is 18.9 Å². The van der Waals surface area contributed by atoms with E-state index in [2.05, 4.69) is 11.9 Å². The van der Waals surface area contributed by atoms with E-state index in [9.17, 15) is 4.79 Å². The summed E-state index contributed by atoms with van der Waals surface area (Å²) in [5.74, 6) is 0.0661. The van der Waals surface area contributed by atoms with Crippen LogP contribution in [0.2, 0.25) is 0 Å². The Morgan fingerprint density at radius 1 is 1.43 bits per heavy atom. The summed E-state index contributed by atoms with van der Waals surface area (Å²) < 4.78 is 5.61. The Bertz CT molecular complexity index is 612. The number of nitrogens with zero attached hydrogens (tertiary/aromatic N) is 2. The van der Waals surface area contributed by atoms with Gasteiger partial charge in [-0.2, -0.15) is 0 Å². The van der Waals surface area contributed by atoms with Gasteiger partial charge in [-0.1, -0.05) is 37.3 Å². The molecule has 0 bridgehead atoms. The van der Waals surface area contributed by atoms with E-state index in [0.717, 1.165) is 17.0 Å². The number of carbonyl (C=O) groups excluding carboxylic acids is 1. The highest BCUT2D eigenvalue weighted by Crippen LogP contribution is 2.26. The predicted octanol–water partition coefficient (Wildman–Crippen LogP) is 3.06. The van der Waals surface area contributed by atoms with Crippen molar-refractivity contribution in [2.24, 2.45) is 0 Å². The fourth-order valence-corrected chi connectivity index (χ4v) is 3.28. The molecule has 1 saturated heterocycles. The fourth-order valence-electron chi connectivity index (χ4n) is 2.39. The molecule has 21 heavy (non-hydrogen) atoms. The van der Waals surface area contributed by atoms with Crippen LogP contribution in [-0.2, 0) is 4.74 Å². The first kappa shape index (κ1) is 14.2. The Morgan fingerprint density at radius 3 is 3.00 bits per heavy atom. The zero-order valence-electron chi connectivity index (χ0n) is 12.0. The van der Waals surface area contributed by atoms with Crippen molar-refractivity contribution in [3.8, 4) is 10.6 Å². The Balaban J connectivity index is 1.75. The molecule has 4 nitrogen and oxygen atoms in total. The highest BCUT2D eigenvalue weighted by Gasteiger charge is 2.25. The van der Waals surface area contributed by atoms with Crippen LogP contribution in [0.3, 0.4) is 0 Å². The lowest BCUT2D eigenvalue weighted by molar-refractivity contribution is -0.0224. The van der Waals surface area contributed by atoms with Crippen molar-refractivity contribution in [2.75, 3.05) is 19.7 Å². The van der Waals surface area contributed by atoms with Crippen molar-refractivity contribution < 1.29 is 9.53 Å². The van der Waals surface area contributed by atoms with Crippen LogP contribution in [0, 0.1) is 0 Å². The van der Waals surface area contributed by atoms with Gasteiger partial charge in [0.1, 0.15) is 9.88 Å². The Labute approximate surface area is 128 Å². The first-order valence-electron chi connectivity index (χ1n) is 7.20. The van der Waals surface area contributed by atoms with E-state index in [1.54, 1.807) is 6.20 Å². The normalized spacial score (nSPS) is 18.7. The van der Waals surface area contributed by atoms with Gasteiger partial charge in [0.25, 0.3) is 5.91 Å². The molecule has 1 atom stereocenters. The third-order valence-corrected chi connectivity index (χ3v) is 4.65. The molecular formula is C16H18N2O2S. The van der Waals surface area contributed by atoms with Gasteiger partial charge in [-0.05, 0) is 6.42 Å². The molecule has 1 aliphatic rings. The molecule has 1 aromatic heterocycles. The summed E-state index contributed by atoms with van der Waals surface area (Å²) in [7, 11) is 0. The van der Waals surface area contributed by atoms with Crippen molar-refractivity contribution in [3.05, 3.63) is 41.4 Å². The second-order valence-corrected chi connectivity index (χ2v) is 6.08. The summed E-state index contributed by atoms with van der Waals surface area (Å²) in [6.45, 7) is 4.04. The molecule has 2 heterocycles. The van der Waals surface area contributed by atoms with Gasteiger partial charge in [0.15, 0.2) is 0 Å². The van der Waals surface area contributed by atoms with E-state index < -0.39 is 0 Å². The lowest BCUT2D eigenvalue weighted by Crippen LogP contribution is -2.45. The minimum atomic E-state index is 0.0661. The molecule has 0 unspecified atom stereocenters. The summed E-state index contributed by atoms with van der Waals surface area (Å²) in [5.41, 5.74) is 1.05. The number of carbonyl (C=O) groups is 1. The SMILES string of the molecule is CC[C@H]1CN(C(=O)c2cnc(-c3ccccc3)s2)CCO1. The molecule has 0 aliphatic carbocycles. The number of hydrogen-bond donors (Lipinski definition) is 0. The van der Waals surface area contributed by atoms with E-state index in [4.69, 9.17) is 4.74 Å². The maximum Gasteiger partial charge on any atom is 0.265 e. The quantitative estimate of drug-likeness (QED) is 0.875. The minimum absolute atomic E-state index is 0.0661. The number of rotatable bonds is 3. The van der Waals surface area contributed by atoms with Crippen LogP contribution in [-0.4, -0.2) is 41.6 Å². The molecule has 2 aromatic rings. The van der Waals surface area contributed by atoms with Crippen LogP contribution in [0.25, 0.3) is 10.6 Å². The van der Waals surface area contributed by atoms with E-state index in [1.165, 1.54) is 11.3 Å². The molecule has 0 radical (unpaired) electrons. The molecule has 3 rings (SSSR count). The molecule has 0 spiro atoms. The number of aromatic nitrogens is 1. The van der Waals surface area contributed by atoms with E-state index in [-0.39, 0.29) is 12.0 Å². The molecular weight excluding hydrogens is 284 g/mol. The lowest BCUT2D eigenvalue weighted by atomic mass is 10.2. The van der Waals surface area contributed by atoms with Crippen molar-refractivity contribution in [1.29, 1.82) is 0 Å². The van der Waals surface area contributed by atoms with E-state index in [1.807, 2.05) is 35.2 Å². The number of morpholine rings is 1. The molecule has 5 heteroatoms. The number of thiazole rings is 1. The fraction of sp³-hybridized carbons (Fsp3) is 0.375. The third-order valence-electron chi connectivity index (χ3n) is 3.62. The molecule has 1 aromatic carbocycles. The highest BCUT2D eigenvalue weighted by atomic mass is 32.1. The van der Waals surface area contributed by atoms with Crippen LogP contribution >= 0.6 is 11.3 Å². The standard InChI is InChI=1S/C16H18N2O2S/c1-2-13-11-18(8-9-20-13)16(19)14-10-17-15(21-14)12-6-4-3-5-7-12/h3-7,10,13H,2,8-9,11H2,1H3/t13-/m0/s1. The Morgan fingerprint density at radius 2 is 2.24 bits per heavy atom. The first-order chi connectivity index (χ1) is 10.3. The third kappa shape index (κ3) is 3.14. The Hall–Kier alpha value is -1.72. The zero-order chi connectivity index (χ0) is 14.7. The zero-order valence-corrected chi connectivity index (χ0v) is 12.8. The van der Waals surface area contributed by atoms with Crippen LogP contribution < -0.4 is 0 Å². The summed E-state index contributed by atoms with van der Waals surface area (Å²) >= 11 is 1.45.